The molecule has 2 rings (SSSR count). The van der Waals surface area contributed by atoms with E-state index in [2.05, 4.69) is 4.74 Å². The number of piperidine rings is 1. The molecule has 2 unspecified atom stereocenters. The maximum atomic E-state index is 12.5. The Kier molecular flexibility index (Phi) is 5.12. The van der Waals surface area contributed by atoms with E-state index in [0.717, 1.165) is 12.8 Å². The van der Waals surface area contributed by atoms with E-state index < -0.39 is 6.61 Å². The molecule has 6 heteroatoms. The third kappa shape index (κ3) is 3.69. The molecule has 0 radical (unpaired) electrons. The van der Waals surface area contributed by atoms with Crippen LogP contribution in [0.4, 0.5) is 8.78 Å². The molecule has 0 spiro atoms. The van der Waals surface area contributed by atoms with Crippen molar-refractivity contribution in [2.45, 2.75) is 32.4 Å². The lowest BCUT2D eigenvalue weighted by Crippen LogP contribution is -2.49. The molecule has 0 aliphatic carbocycles. The molecule has 0 aromatic heterocycles. The predicted molar refractivity (Wildman–Crippen MR) is 75.4 cm³/mol. The van der Waals surface area contributed by atoms with Crippen molar-refractivity contribution < 1.29 is 18.3 Å². The van der Waals surface area contributed by atoms with Crippen molar-refractivity contribution in [1.82, 2.24) is 4.90 Å². The Morgan fingerprint density at radius 3 is 2.86 bits per heavy atom. The largest absolute Gasteiger partial charge is 0.434 e. The van der Waals surface area contributed by atoms with Crippen LogP contribution in [-0.4, -0.2) is 36.5 Å². The lowest BCUT2D eigenvalue weighted by molar-refractivity contribution is -0.0503. The minimum Gasteiger partial charge on any atom is -0.434 e. The maximum absolute atomic E-state index is 12.5. The number of carbonyl (C=O) groups excluding carboxylic acids is 1. The monoisotopic (exact) mass is 298 g/mol. The number of benzene rings is 1. The topological polar surface area (TPSA) is 55.6 Å². The Labute approximate surface area is 122 Å². The van der Waals surface area contributed by atoms with Crippen molar-refractivity contribution in [3.63, 3.8) is 0 Å². The molecular formula is C15H20F2N2O2. The summed E-state index contributed by atoms with van der Waals surface area (Å²) in [6, 6.07) is 6.18. The standard InChI is InChI=1S/C15H20F2N2O2/c1-2-10-9-19(8-7-12(10)18)14(20)11-5-3-4-6-13(11)21-15(16)17/h3-6,10,12,15H,2,7-9,18H2,1H3. The summed E-state index contributed by atoms with van der Waals surface area (Å²) in [5, 5.41) is 0. The zero-order valence-electron chi connectivity index (χ0n) is 12.0. The molecule has 2 atom stereocenters. The summed E-state index contributed by atoms with van der Waals surface area (Å²) >= 11 is 0. The fourth-order valence-electron chi connectivity index (χ4n) is 2.68. The Morgan fingerprint density at radius 1 is 1.48 bits per heavy atom. The van der Waals surface area contributed by atoms with Crippen LogP contribution in [0.5, 0.6) is 5.75 Å². The average Bonchev–Trinajstić information content (AvgIpc) is 2.47. The number of nitrogens with zero attached hydrogens (tertiary/aromatic N) is 1. The van der Waals surface area contributed by atoms with E-state index in [1.54, 1.807) is 17.0 Å². The molecule has 1 aromatic carbocycles. The van der Waals surface area contributed by atoms with Gasteiger partial charge in [-0.15, -0.1) is 0 Å². The Balaban J connectivity index is 2.16. The number of carbonyl (C=O) groups is 1. The minimum atomic E-state index is -2.95. The summed E-state index contributed by atoms with van der Waals surface area (Å²) < 4.78 is 29.2. The quantitative estimate of drug-likeness (QED) is 0.929. The van der Waals surface area contributed by atoms with Crippen molar-refractivity contribution in [3.05, 3.63) is 29.8 Å². The van der Waals surface area contributed by atoms with Gasteiger partial charge in [0, 0.05) is 19.1 Å². The summed E-state index contributed by atoms with van der Waals surface area (Å²) in [5.41, 5.74) is 6.19. The lowest BCUT2D eigenvalue weighted by atomic mass is 9.90. The van der Waals surface area contributed by atoms with Gasteiger partial charge in [0.2, 0.25) is 0 Å². The van der Waals surface area contributed by atoms with Crippen LogP contribution in [0.15, 0.2) is 24.3 Å². The van der Waals surface area contributed by atoms with E-state index in [9.17, 15) is 13.6 Å². The van der Waals surface area contributed by atoms with E-state index in [0.29, 0.717) is 13.1 Å². The summed E-state index contributed by atoms with van der Waals surface area (Å²) in [7, 11) is 0. The van der Waals surface area contributed by atoms with Gasteiger partial charge in [-0.05, 0) is 24.5 Å². The van der Waals surface area contributed by atoms with Crippen molar-refractivity contribution in [2.24, 2.45) is 11.7 Å². The Bertz CT molecular complexity index is 496. The van der Waals surface area contributed by atoms with Crippen LogP contribution in [0.25, 0.3) is 0 Å². The fraction of sp³-hybridized carbons (Fsp3) is 0.533. The second kappa shape index (κ2) is 6.85. The highest BCUT2D eigenvalue weighted by Crippen LogP contribution is 2.25. The summed E-state index contributed by atoms with van der Waals surface area (Å²) in [5.74, 6) is -0.122. The first-order chi connectivity index (χ1) is 10.0. The van der Waals surface area contributed by atoms with E-state index in [1.165, 1.54) is 12.1 Å². The van der Waals surface area contributed by atoms with Gasteiger partial charge in [-0.25, -0.2) is 0 Å². The van der Waals surface area contributed by atoms with Gasteiger partial charge in [-0.1, -0.05) is 25.5 Å². The normalized spacial score (nSPS) is 22.4. The number of ether oxygens (including phenoxy) is 1. The SMILES string of the molecule is CCC1CN(C(=O)c2ccccc2OC(F)F)CCC1N. The molecule has 21 heavy (non-hydrogen) atoms. The second-order valence-electron chi connectivity index (χ2n) is 5.25. The smallest absolute Gasteiger partial charge is 0.387 e. The van der Waals surface area contributed by atoms with Crippen LogP contribution >= 0.6 is 0 Å². The predicted octanol–water partition coefficient (Wildman–Crippen LogP) is 2.49. The molecule has 1 aliphatic rings. The zero-order valence-corrected chi connectivity index (χ0v) is 12.0. The molecule has 116 valence electrons. The molecule has 1 fully saturated rings. The van der Waals surface area contributed by atoms with Crippen molar-refractivity contribution >= 4 is 5.91 Å². The molecule has 0 bridgehead atoms. The highest BCUT2D eigenvalue weighted by atomic mass is 19.3. The summed E-state index contributed by atoms with van der Waals surface area (Å²) in [4.78, 5) is 14.2. The Hall–Kier alpha value is -1.69. The molecule has 1 heterocycles. The number of hydrogen-bond donors (Lipinski definition) is 1. The molecule has 2 N–H and O–H groups in total. The number of nitrogens with two attached hydrogens (primary N) is 1. The lowest BCUT2D eigenvalue weighted by Gasteiger charge is -2.36. The molecule has 1 aromatic rings. The molecule has 4 nitrogen and oxygen atoms in total. The molecule has 1 amide bonds. The third-order valence-electron chi connectivity index (χ3n) is 3.94. The average molecular weight is 298 g/mol. The van der Waals surface area contributed by atoms with E-state index in [4.69, 9.17) is 5.73 Å². The number of halogens is 2. The zero-order chi connectivity index (χ0) is 15.4. The van der Waals surface area contributed by atoms with Gasteiger partial charge in [0.05, 0.1) is 5.56 Å². The van der Waals surface area contributed by atoms with E-state index in [-0.39, 0.29) is 29.2 Å². The van der Waals surface area contributed by atoms with Crippen LogP contribution in [0.1, 0.15) is 30.1 Å². The number of amides is 1. The first kappa shape index (κ1) is 15.7. The van der Waals surface area contributed by atoms with Crippen LogP contribution in [-0.2, 0) is 0 Å². The molecule has 1 aliphatic heterocycles. The highest BCUT2D eigenvalue weighted by Gasteiger charge is 2.30. The number of likely N-dealkylation sites (tertiary alicyclic amines) is 1. The third-order valence-corrected chi connectivity index (χ3v) is 3.94. The van der Waals surface area contributed by atoms with Gasteiger partial charge in [0.25, 0.3) is 5.91 Å². The summed E-state index contributed by atoms with van der Waals surface area (Å²) in [6.45, 7) is 0.183. The number of para-hydroxylation sites is 1. The van der Waals surface area contributed by atoms with Crippen molar-refractivity contribution in [2.75, 3.05) is 13.1 Å². The van der Waals surface area contributed by atoms with Crippen LogP contribution < -0.4 is 10.5 Å². The maximum Gasteiger partial charge on any atom is 0.387 e. The van der Waals surface area contributed by atoms with E-state index in [1.807, 2.05) is 6.92 Å². The number of hydrogen-bond acceptors (Lipinski definition) is 3. The van der Waals surface area contributed by atoms with Gasteiger partial charge in [0.1, 0.15) is 5.75 Å². The fourth-order valence-corrected chi connectivity index (χ4v) is 2.68. The van der Waals surface area contributed by atoms with Crippen LogP contribution in [0.3, 0.4) is 0 Å². The van der Waals surface area contributed by atoms with E-state index >= 15 is 0 Å². The highest BCUT2D eigenvalue weighted by molar-refractivity contribution is 5.97. The van der Waals surface area contributed by atoms with Gasteiger partial charge in [-0.3, -0.25) is 4.79 Å². The van der Waals surface area contributed by atoms with Gasteiger partial charge in [-0.2, -0.15) is 8.78 Å². The van der Waals surface area contributed by atoms with Gasteiger partial charge >= 0.3 is 6.61 Å². The van der Waals surface area contributed by atoms with Crippen LogP contribution in [0, 0.1) is 5.92 Å². The van der Waals surface area contributed by atoms with Crippen LogP contribution in [0.2, 0.25) is 0 Å². The molecule has 1 saturated heterocycles. The van der Waals surface area contributed by atoms with Crippen molar-refractivity contribution in [3.8, 4) is 5.75 Å². The number of alkyl halides is 2. The number of rotatable bonds is 4. The van der Waals surface area contributed by atoms with Gasteiger partial charge in [0.15, 0.2) is 0 Å². The second-order valence-corrected chi connectivity index (χ2v) is 5.25. The molecular weight excluding hydrogens is 278 g/mol. The first-order valence-corrected chi connectivity index (χ1v) is 7.11. The first-order valence-electron chi connectivity index (χ1n) is 7.11. The van der Waals surface area contributed by atoms with Crippen molar-refractivity contribution in [1.29, 1.82) is 0 Å². The minimum absolute atomic E-state index is 0.0829. The van der Waals surface area contributed by atoms with Gasteiger partial charge < -0.3 is 15.4 Å². The summed E-state index contributed by atoms with van der Waals surface area (Å²) in [6.07, 6.45) is 1.61. The molecule has 0 saturated carbocycles. The Morgan fingerprint density at radius 2 is 2.19 bits per heavy atom.